The zero-order valence-corrected chi connectivity index (χ0v) is 26.9. The fourth-order valence-corrected chi connectivity index (χ4v) is 4.24. The van der Waals surface area contributed by atoms with Gasteiger partial charge in [-0.1, -0.05) is 65.2 Å². The predicted octanol–water partition coefficient (Wildman–Crippen LogP) is 6.81. The molecule has 0 fully saturated rings. The standard InChI is InChI=1S/C32H62N2O7/c1-5-7-9-11-13-21-30(35)39-25-17-15-19-29(41-32(37)33-23-27-38-28-24-34(3)4)20-16-18-26-40-31(36)22-14-12-10-8-6-2/h29H,5-28H2,1-4H3,(H,33,37). The van der Waals surface area contributed by atoms with Gasteiger partial charge in [-0.05, 0) is 65.5 Å². The Kier molecular flexibility index (Phi) is 28.3. The number of likely N-dealkylation sites (N-methyl/N-ethyl adjacent to an activating group) is 1. The van der Waals surface area contributed by atoms with E-state index in [4.69, 9.17) is 18.9 Å². The first-order valence-electron chi connectivity index (χ1n) is 16.4. The Bertz CT molecular complexity index is 595. The van der Waals surface area contributed by atoms with E-state index in [1.165, 1.54) is 38.5 Å². The van der Waals surface area contributed by atoms with E-state index in [0.717, 1.165) is 57.9 Å². The average Bonchev–Trinajstić information content (AvgIpc) is 2.93. The summed E-state index contributed by atoms with van der Waals surface area (Å²) in [5.41, 5.74) is 0. The lowest BCUT2D eigenvalue weighted by Crippen LogP contribution is -2.32. The van der Waals surface area contributed by atoms with Gasteiger partial charge in [0.15, 0.2) is 0 Å². The van der Waals surface area contributed by atoms with Crippen LogP contribution in [0.25, 0.3) is 0 Å². The topological polar surface area (TPSA) is 103 Å². The van der Waals surface area contributed by atoms with Crippen LogP contribution in [-0.2, 0) is 28.5 Å². The van der Waals surface area contributed by atoms with Crippen molar-refractivity contribution in [3.63, 3.8) is 0 Å². The van der Waals surface area contributed by atoms with E-state index >= 15 is 0 Å². The number of carbonyl (C=O) groups is 3. The van der Waals surface area contributed by atoms with Gasteiger partial charge in [0.25, 0.3) is 0 Å². The molecule has 1 N–H and O–H groups in total. The second-order valence-corrected chi connectivity index (χ2v) is 11.1. The maximum Gasteiger partial charge on any atom is 0.407 e. The van der Waals surface area contributed by atoms with Crippen LogP contribution in [0.4, 0.5) is 4.79 Å². The fourth-order valence-electron chi connectivity index (χ4n) is 4.24. The second-order valence-electron chi connectivity index (χ2n) is 11.1. The van der Waals surface area contributed by atoms with Crippen LogP contribution in [0.2, 0.25) is 0 Å². The lowest BCUT2D eigenvalue weighted by atomic mass is 10.1. The summed E-state index contributed by atoms with van der Waals surface area (Å²) in [5.74, 6) is -0.256. The third kappa shape index (κ3) is 29.4. The number of hydrogen-bond donors (Lipinski definition) is 1. The van der Waals surface area contributed by atoms with E-state index in [1.807, 2.05) is 19.0 Å². The molecule has 0 unspecified atom stereocenters. The molecule has 41 heavy (non-hydrogen) atoms. The number of rotatable bonds is 29. The fraction of sp³-hybridized carbons (Fsp3) is 0.906. The number of esters is 2. The van der Waals surface area contributed by atoms with Gasteiger partial charge in [0, 0.05) is 25.9 Å². The molecule has 0 atom stereocenters. The summed E-state index contributed by atoms with van der Waals surface area (Å²) in [6.45, 7) is 7.40. The van der Waals surface area contributed by atoms with E-state index in [-0.39, 0.29) is 18.0 Å². The first-order valence-corrected chi connectivity index (χ1v) is 16.4. The van der Waals surface area contributed by atoms with Gasteiger partial charge in [0.2, 0.25) is 0 Å². The molecule has 0 aromatic rings. The lowest BCUT2D eigenvalue weighted by molar-refractivity contribution is -0.144. The summed E-state index contributed by atoms with van der Waals surface area (Å²) in [5, 5.41) is 2.76. The van der Waals surface area contributed by atoms with Crippen molar-refractivity contribution in [3.05, 3.63) is 0 Å². The molecule has 0 aliphatic carbocycles. The maximum absolute atomic E-state index is 12.3. The molecule has 0 rings (SSSR count). The molecular formula is C32H62N2O7. The maximum atomic E-state index is 12.3. The molecule has 0 aliphatic rings. The van der Waals surface area contributed by atoms with Crippen LogP contribution >= 0.6 is 0 Å². The quantitative estimate of drug-likeness (QED) is 0.0579. The highest BCUT2D eigenvalue weighted by atomic mass is 16.6. The van der Waals surface area contributed by atoms with Crippen molar-refractivity contribution in [2.24, 2.45) is 0 Å². The predicted molar refractivity (Wildman–Crippen MR) is 164 cm³/mol. The van der Waals surface area contributed by atoms with Crippen molar-refractivity contribution < 1.29 is 33.3 Å². The zero-order chi connectivity index (χ0) is 30.4. The van der Waals surface area contributed by atoms with Crippen molar-refractivity contribution in [1.82, 2.24) is 10.2 Å². The highest BCUT2D eigenvalue weighted by Gasteiger charge is 2.15. The van der Waals surface area contributed by atoms with Crippen LogP contribution in [0.1, 0.15) is 129 Å². The van der Waals surface area contributed by atoms with Gasteiger partial charge in [0.1, 0.15) is 6.10 Å². The molecule has 0 heterocycles. The molecule has 242 valence electrons. The van der Waals surface area contributed by atoms with Crippen molar-refractivity contribution in [3.8, 4) is 0 Å². The van der Waals surface area contributed by atoms with Crippen molar-refractivity contribution in [1.29, 1.82) is 0 Å². The number of alkyl carbamates (subject to hydrolysis) is 1. The molecular weight excluding hydrogens is 524 g/mol. The van der Waals surface area contributed by atoms with E-state index in [0.29, 0.717) is 58.7 Å². The minimum atomic E-state index is -0.449. The van der Waals surface area contributed by atoms with Gasteiger partial charge in [-0.25, -0.2) is 4.79 Å². The normalized spacial score (nSPS) is 11.2. The summed E-state index contributed by atoms with van der Waals surface area (Å²) in [4.78, 5) is 38.2. The zero-order valence-electron chi connectivity index (χ0n) is 26.9. The minimum absolute atomic E-state index is 0.128. The molecule has 0 spiro atoms. The summed E-state index contributed by atoms with van der Waals surface area (Å²) in [6.07, 6.45) is 15.8. The van der Waals surface area contributed by atoms with Crippen LogP contribution in [-0.4, -0.2) is 82.6 Å². The van der Waals surface area contributed by atoms with E-state index < -0.39 is 6.09 Å². The first-order chi connectivity index (χ1) is 19.9. The molecule has 0 aromatic carbocycles. The van der Waals surface area contributed by atoms with E-state index in [1.54, 1.807) is 0 Å². The smallest absolute Gasteiger partial charge is 0.407 e. The van der Waals surface area contributed by atoms with Crippen molar-refractivity contribution in [2.45, 2.75) is 136 Å². The second kappa shape index (κ2) is 29.6. The first kappa shape index (κ1) is 39.1. The van der Waals surface area contributed by atoms with Gasteiger partial charge in [-0.2, -0.15) is 0 Å². The largest absolute Gasteiger partial charge is 0.466 e. The molecule has 0 saturated carbocycles. The molecule has 0 aliphatic heterocycles. The van der Waals surface area contributed by atoms with Crippen molar-refractivity contribution >= 4 is 18.0 Å². The van der Waals surface area contributed by atoms with Gasteiger partial charge in [-0.3, -0.25) is 9.59 Å². The molecule has 9 heteroatoms. The third-order valence-corrected chi connectivity index (χ3v) is 6.81. The highest BCUT2D eigenvalue weighted by Crippen LogP contribution is 2.14. The van der Waals surface area contributed by atoms with Crippen molar-refractivity contribution in [2.75, 3.05) is 53.6 Å². The lowest BCUT2D eigenvalue weighted by Gasteiger charge is -2.18. The Morgan fingerprint density at radius 2 is 1.15 bits per heavy atom. The van der Waals surface area contributed by atoms with Crippen LogP contribution in [0.5, 0.6) is 0 Å². The summed E-state index contributed by atoms with van der Waals surface area (Å²) < 4.78 is 21.9. The Morgan fingerprint density at radius 3 is 1.63 bits per heavy atom. The Morgan fingerprint density at radius 1 is 0.634 bits per heavy atom. The number of nitrogens with zero attached hydrogens (tertiary/aromatic N) is 1. The van der Waals surface area contributed by atoms with Crippen LogP contribution < -0.4 is 5.32 Å². The number of unbranched alkanes of at least 4 members (excludes halogenated alkanes) is 10. The number of carbonyl (C=O) groups excluding carboxylic acids is 3. The molecule has 0 aromatic heterocycles. The van der Waals surface area contributed by atoms with Gasteiger partial charge in [-0.15, -0.1) is 0 Å². The molecule has 9 nitrogen and oxygen atoms in total. The number of amides is 1. The molecule has 1 amide bonds. The van der Waals surface area contributed by atoms with Crippen LogP contribution in [0, 0.1) is 0 Å². The average molecular weight is 587 g/mol. The molecule has 0 saturated heterocycles. The monoisotopic (exact) mass is 586 g/mol. The highest BCUT2D eigenvalue weighted by molar-refractivity contribution is 5.69. The number of nitrogens with one attached hydrogen (secondary N) is 1. The molecule has 0 bridgehead atoms. The van der Waals surface area contributed by atoms with Gasteiger partial charge in [0.05, 0.1) is 26.4 Å². The molecule has 0 radical (unpaired) electrons. The number of ether oxygens (including phenoxy) is 4. The summed E-state index contributed by atoms with van der Waals surface area (Å²) in [6, 6.07) is 0. The van der Waals surface area contributed by atoms with E-state index in [2.05, 4.69) is 19.2 Å². The Balaban J connectivity index is 4.27. The minimum Gasteiger partial charge on any atom is -0.466 e. The van der Waals surface area contributed by atoms with Crippen LogP contribution in [0.15, 0.2) is 0 Å². The van der Waals surface area contributed by atoms with Crippen LogP contribution in [0.3, 0.4) is 0 Å². The van der Waals surface area contributed by atoms with E-state index in [9.17, 15) is 14.4 Å². The van der Waals surface area contributed by atoms with Gasteiger partial charge < -0.3 is 29.2 Å². The van der Waals surface area contributed by atoms with Gasteiger partial charge >= 0.3 is 18.0 Å². The number of hydrogen-bond acceptors (Lipinski definition) is 8. The Hall–Kier alpha value is -1.87. The summed E-state index contributed by atoms with van der Waals surface area (Å²) >= 11 is 0. The summed E-state index contributed by atoms with van der Waals surface area (Å²) in [7, 11) is 3.97. The Labute approximate surface area is 250 Å². The SMILES string of the molecule is CCCCCCCC(=O)OCCCCC(CCCCOC(=O)CCCCCCC)OC(=O)NCCOCCN(C)C. The third-order valence-electron chi connectivity index (χ3n) is 6.81.